The lowest BCUT2D eigenvalue weighted by Gasteiger charge is -2.05. The van der Waals surface area contributed by atoms with Crippen LogP contribution in [0.3, 0.4) is 0 Å². The summed E-state index contributed by atoms with van der Waals surface area (Å²) in [6.45, 7) is -0.200. The van der Waals surface area contributed by atoms with Gasteiger partial charge in [0.05, 0.1) is 23.3 Å². The molecule has 6 nitrogen and oxygen atoms in total. The number of nitrogens with zero attached hydrogens (tertiary/aromatic N) is 2. The number of halogens is 1. The predicted octanol–water partition coefficient (Wildman–Crippen LogP) is 1.62. The lowest BCUT2D eigenvalue weighted by Crippen LogP contribution is -2.35. The molecular formula is C15H13ClN4O2. The van der Waals surface area contributed by atoms with Crippen LogP contribution in [0.4, 0.5) is 0 Å². The quantitative estimate of drug-likeness (QED) is 0.649. The number of hydrogen-bond acceptors (Lipinski definition) is 4. The molecule has 2 rings (SSSR count). The molecule has 7 heteroatoms. The molecule has 0 saturated heterocycles. The SMILES string of the molecule is O=C(CNC(=O)c1ccccc1Cl)N/N=C/c1cccnc1. The lowest BCUT2D eigenvalue weighted by molar-refractivity contribution is -0.120. The molecule has 0 saturated carbocycles. The fourth-order valence-electron chi connectivity index (χ4n) is 1.57. The summed E-state index contributed by atoms with van der Waals surface area (Å²) >= 11 is 5.90. The topological polar surface area (TPSA) is 83.5 Å². The normalized spacial score (nSPS) is 10.4. The largest absolute Gasteiger partial charge is 0.343 e. The van der Waals surface area contributed by atoms with Crippen LogP contribution in [0.2, 0.25) is 5.02 Å². The summed E-state index contributed by atoms with van der Waals surface area (Å²) in [5.41, 5.74) is 3.38. The molecule has 0 aliphatic carbocycles. The van der Waals surface area contributed by atoms with Gasteiger partial charge in [0.25, 0.3) is 11.8 Å². The van der Waals surface area contributed by atoms with Crippen LogP contribution in [-0.4, -0.2) is 29.6 Å². The number of amides is 2. The molecule has 1 aromatic heterocycles. The third-order valence-electron chi connectivity index (χ3n) is 2.62. The Bertz CT molecular complexity index is 689. The third kappa shape index (κ3) is 4.68. The van der Waals surface area contributed by atoms with Crippen molar-refractivity contribution in [2.24, 2.45) is 5.10 Å². The van der Waals surface area contributed by atoms with E-state index in [2.05, 4.69) is 20.8 Å². The Hall–Kier alpha value is -2.73. The van der Waals surface area contributed by atoms with E-state index in [1.807, 2.05) is 0 Å². The van der Waals surface area contributed by atoms with Crippen LogP contribution in [-0.2, 0) is 4.79 Å². The Morgan fingerprint density at radius 2 is 2.05 bits per heavy atom. The van der Waals surface area contributed by atoms with Crippen LogP contribution in [0.5, 0.6) is 0 Å². The van der Waals surface area contributed by atoms with Crippen LogP contribution in [0.1, 0.15) is 15.9 Å². The second-order valence-corrected chi connectivity index (χ2v) is 4.65. The van der Waals surface area contributed by atoms with Crippen LogP contribution >= 0.6 is 11.6 Å². The number of hydrazone groups is 1. The number of pyridine rings is 1. The molecule has 0 atom stereocenters. The third-order valence-corrected chi connectivity index (χ3v) is 2.94. The zero-order chi connectivity index (χ0) is 15.8. The van der Waals surface area contributed by atoms with Gasteiger partial charge in [0.15, 0.2) is 0 Å². The van der Waals surface area contributed by atoms with E-state index in [1.165, 1.54) is 6.21 Å². The molecule has 1 heterocycles. The van der Waals surface area contributed by atoms with Crippen molar-refractivity contribution in [1.29, 1.82) is 0 Å². The van der Waals surface area contributed by atoms with E-state index in [1.54, 1.807) is 48.8 Å². The summed E-state index contributed by atoms with van der Waals surface area (Å²) in [6.07, 6.45) is 4.70. The number of carbonyl (C=O) groups is 2. The molecule has 0 unspecified atom stereocenters. The monoisotopic (exact) mass is 316 g/mol. The Kier molecular flexibility index (Phi) is 5.62. The van der Waals surface area contributed by atoms with E-state index in [-0.39, 0.29) is 6.54 Å². The van der Waals surface area contributed by atoms with Gasteiger partial charge in [-0.25, -0.2) is 5.43 Å². The Morgan fingerprint density at radius 1 is 1.23 bits per heavy atom. The van der Waals surface area contributed by atoms with Crippen molar-refractivity contribution in [3.05, 3.63) is 64.9 Å². The summed E-state index contributed by atoms with van der Waals surface area (Å²) < 4.78 is 0. The standard InChI is InChI=1S/C15H13ClN4O2/c16-13-6-2-1-5-12(13)15(22)18-10-14(21)20-19-9-11-4-3-7-17-8-11/h1-9H,10H2,(H,18,22)(H,20,21)/b19-9+. The van der Waals surface area contributed by atoms with Gasteiger partial charge in [-0.15, -0.1) is 0 Å². The van der Waals surface area contributed by atoms with Crippen molar-refractivity contribution in [2.75, 3.05) is 6.54 Å². The first-order valence-electron chi connectivity index (χ1n) is 6.41. The number of nitrogens with one attached hydrogen (secondary N) is 2. The summed E-state index contributed by atoms with van der Waals surface area (Å²) in [4.78, 5) is 27.3. The maximum atomic E-state index is 11.8. The summed E-state index contributed by atoms with van der Waals surface area (Å²) in [7, 11) is 0. The molecule has 22 heavy (non-hydrogen) atoms. The number of rotatable bonds is 5. The summed E-state index contributed by atoms with van der Waals surface area (Å²) in [6, 6.07) is 10.2. The molecule has 0 fully saturated rings. The van der Waals surface area contributed by atoms with Gasteiger partial charge in [-0.1, -0.05) is 29.8 Å². The fraction of sp³-hybridized carbons (Fsp3) is 0.0667. The highest BCUT2D eigenvalue weighted by Crippen LogP contribution is 2.14. The first kappa shape index (κ1) is 15.7. The van der Waals surface area contributed by atoms with E-state index >= 15 is 0 Å². The molecule has 0 spiro atoms. The first-order valence-corrected chi connectivity index (χ1v) is 6.79. The van der Waals surface area contributed by atoms with E-state index in [9.17, 15) is 9.59 Å². The van der Waals surface area contributed by atoms with Gasteiger partial charge in [0.1, 0.15) is 0 Å². The highest BCUT2D eigenvalue weighted by Gasteiger charge is 2.10. The predicted molar refractivity (Wildman–Crippen MR) is 83.8 cm³/mol. The van der Waals surface area contributed by atoms with Crippen molar-refractivity contribution >= 4 is 29.6 Å². The minimum absolute atomic E-state index is 0.200. The minimum Gasteiger partial charge on any atom is -0.343 e. The maximum Gasteiger partial charge on any atom is 0.259 e. The lowest BCUT2D eigenvalue weighted by atomic mass is 10.2. The van der Waals surface area contributed by atoms with Crippen LogP contribution in [0, 0.1) is 0 Å². The minimum atomic E-state index is -0.444. The van der Waals surface area contributed by atoms with Gasteiger partial charge in [-0.2, -0.15) is 5.10 Å². The number of aromatic nitrogens is 1. The average molecular weight is 317 g/mol. The Morgan fingerprint density at radius 3 is 2.77 bits per heavy atom. The van der Waals surface area contributed by atoms with E-state index in [4.69, 9.17) is 11.6 Å². The van der Waals surface area contributed by atoms with Gasteiger partial charge in [-0.3, -0.25) is 14.6 Å². The zero-order valence-electron chi connectivity index (χ0n) is 11.5. The molecule has 2 N–H and O–H groups in total. The molecule has 0 aliphatic heterocycles. The van der Waals surface area contributed by atoms with E-state index < -0.39 is 11.8 Å². The van der Waals surface area contributed by atoms with Gasteiger partial charge in [0, 0.05) is 18.0 Å². The molecular weight excluding hydrogens is 304 g/mol. The van der Waals surface area contributed by atoms with Gasteiger partial charge in [-0.05, 0) is 18.2 Å². The molecule has 2 aromatic rings. The summed E-state index contributed by atoms with van der Waals surface area (Å²) in [5.74, 6) is -0.863. The number of carbonyl (C=O) groups excluding carboxylic acids is 2. The number of benzene rings is 1. The molecule has 112 valence electrons. The second kappa shape index (κ2) is 7.90. The Balaban J connectivity index is 1.80. The smallest absolute Gasteiger partial charge is 0.259 e. The molecule has 0 aliphatic rings. The highest BCUT2D eigenvalue weighted by atomic mass is 35.5. The maximum absolute atomic E-state index is 11.8. The van der Waals surface area contributed by atoms with Crippen LogP contribution in [0.15, 0.2) is 53.9 Å². The van der Waals surface area contributed by atoms with Crippen molar-refractivity contribution < 1.29 is 9.59 Å². The molecule has 0 bridgehead atoms. The highest BCUT2D eigenvalue weighted by molar-refractivity contribution is 6.33. The van der Waals surface area contributed by atoms with Crippen LogP contribution < -0.4 is 10.7 Å². The van der Waals surface area contributed by atoms with Crippen LogP contribution in [0.25, 0.3) is 0 Å². The van der Waals surface area contributed by atoms with Crippen molar-refractivity contribution in [1.82, 2.24) is 15.7 Å². The van der Waals surface area contributed by atoms with E-state index in [0.717, 1.165) is 5.56 Å². The van der Waals surface area contributed by atoms with Gasteiger partial charge >= 0.3 is 0 Å². The van der Waals surface area contributed by atoms with E-state index in [0.29, 0.717) is 10.6 Å². The van der Waals surface area contributed by atoms with Gasteiger partial charge in [0.2, 0.25) is 0 Å². The zero-order valence-corrected chi connectivity index (χ0v) is 12.2. The fourth-order valence-corrected chi connectivity index (χ4v) is 1.79. The molecule has 0 radical (unpaired) electrons. The molecule has 1 aromatic carbocycles. The molecule has 2 amide bonds. The summed E-state index contributed by atoms with van der Waals surface area (Å²) in [5, 5.41) is 6.56. The van der Waals surface area contributed by atoms with Crippen molar-refractivity contribution in [3.8, 4) is 0 Å². The second-order valence-electron chi connectivity index (χ2n) is 4.24. The number of hydrogen-bond donors (Lipinski definition) is 2. The van der Waals surface area contributed by atoms with Crippen molar-refractivity contribution in [3.63, 3.8) is 0 Å². The van der Waals surface area contributed by atoms with Crippen molar-refractivity contribution in [2.45, 2.75) is 0 Å². The Labute approximate surface area is 132 Å². The first-order chi connectivity index (χ1) is 10.7. The average Bonchev–Trinajstić information content (AvgIpc) is 2.54. The van der Waals surface area contributed by atoms with Gasteiger partial charge < -0.3 is 5.32 Å².